The maximum Gasteiger partial charge on any atom is 0.115 e. The van der Waals surface area contributed by atoms with Crippen LogP contribution in [0.4, 0.5) is 39.8 Å². The highest BCUT2D eigenvalue weighted by Gasteiger charge is 2.09. The Morgan fingerprint density at radius 3 is 1.63 bits per heavy atom. The monoisotopic (exact) mass is 409 g/mol. The van der Waals surface area contributed by atoms with Crippen molar-refractivity contribution in [2.45, 2.75) is 0 Å². The number of nitrogens with zero attached hydrogens (tertiary/aromatic N) is 1. The number of aliphatic hydroxyl groups excluding tert-OH is 2. The second-order valence-corrected chi connectivity index (χ2v) is 6.80. The van der Waals surface area contributed by atoms with Gasteiger partial charge in [-0.1, -0.05) is 0 Å². The molecule has 3 rings (SSSR count). The van der Waals surface area contributed by atoms with Crippen molar-refractivity contribution in [1.82, 2.24) is 0 Å². The molecule has 0 aromatic heterocycles. The van der Waals surface area contributed by atoms with E-state index in [9.17, 15) is 15.3 Å². The van der Waals surface area contributed by atoms with Gasteiger partial charge in [-0.2, -0.15) is 0 Å². The van der Waals surface area contributed by atoms with Crippen molar-refractivity contribution in [3.8, 4) is 5.75 Å². The first-order valence-corrected chi connectivity index (χ1v) is 9.59. The van der Waals surface area contributed by atoms with Gasteiger partial charge in [0.2, 0.25) is 0 Å². The number of phenols is 1. The van der Waals surface area contributed by atoms with Crippen LogP contribution in [-0.2, 0) is 0 Å². The van der Waals surface area contributed by atoms with E-state index in [0.29, 0.717) is 35.8 Å². The number of nitrogens with two attached hydrogens (primary N) is 2. The average Bonchev–Trinajstić information content (AvgIpc) is 2.73. The van der Waals surface area contributed by atoms with Crippen LogP contribution >= 0.6 is 0 Å². The first-order valence-electron chi connectivity index (χ1n) is 9.59. The van der Waals surface area contributed by atoms with E-state index in [1.807, 2.05) is 35.2 Å². The lowest BCUT2D eigenvalue weighted by atomic mass is 10.1. The number of aromatic hydroxyl groups is 1. The second kappa shape index (κ2) is 9.73. The van der Waals surface area contributed by atoms with Gasteiger partial charge >= 0.3 is 0 Å². The lowest BCUT2D eigenvalue weighted by Crippen LogP contribution is -2.29. The average molecular weight is 409 g/mol. The zero-order valence-corrected chi connectivity index (χ0v) is 16.5. The fourth-order valence-electron chi connectivity index (χ4n) is 3.07. The molecule has 0 atom stereocenters. The first kappa shape index (κ1) is 21.1. The Labute approximate surface area is 175 Å². The summed E-state index contributed by atoms with van der Waals surface area (Å²) in [5.41, 5.74) is 17.2. The van der Waals surface area contributed by atoms with E-state index in [1.165, 1.54) is 0 Å². The number of benzene rings is 3. The van der Waals surface area contributed by atoms with Crippen molar-refractivity contribution < 1.29 is 15.3 Å². The summed E-state index contributed by atoms with van der Waals surface area (Å²) in [4.78, 5) is 1.90. The van der Waals surface area contributed by atoms with E-state index in [2.05, 4.69) is 10.6 Å². The maximum atomic E-state index is 9.43. The van der Waals surface area contributed by atoms with Crippen LogP contribution in [0.2, 0.25) is 0 Å². The number of hydrogen-bond donors (Lipinski definition) is 7. The predicted octanol–water partition coefficient (Wildman–Crippen LogP) is 2.83. The van der Waals surface area contributed by atoms with Crippen molar-refractivity contribution in [3.63, 3.8) is 0 Å². The molecule has 158 valence electrons. The third kappa shape index (κ3) is 5.25. The Kier molecular flexibility index (Phi) is 6.84. The quantitative estimate of drug-likeness (QED) is 0.211. The summed E-state index contributed by atoms with van der Waals surface area (Å²) in [6, 6.07) is 17.8. The molecule has 3 aromatic rings. The third-order valence-electron chi connectivity index (χ3n) is 4.62. The van der Waals surface area contributed by atoms with E-state index < -0.39 is 0 Å². The van der Waals surface area contributed by atoms with E-state index in [4.69, 9.17) is 11.5 Å². The molecule has 0 bridgehead atoms. The molecule has 0 fully saturated rings. The fourth-order valence-corrected chi connectivity index (χ4v) is 3.07. The lowest BCUT2D eigenvalue weighted by molar-refractivity contribution is 0.281. The summed E-state index contributed by atoms with van der Waals surface area (Å²) in [6.07, 6.45) is 0. The van der Waals surface area contributed by atoms with Crippen LogP contribution < -0.4 is 27.0 Å². The van der Waals surface area contributed by atoms with Gasteiger partial charge in [-0.3, -0.25) is 0 Å². The molecule has 0 amide bonds. The number of nitrogen functional groups attached to an aromatic ring is 2. The minimum Gasteiger partial charge on any atom is -0.508 e. The van der Waals surface area contributed by atoms with Crippen molar-refractivity contribution in [3.05, 3.63) is 60.7 Å². The molecule has 0 aliphatic carbocycles. The highest BCUT2D eigenvalue weighted by molar-refractivity contribution is 5.85. The molecule has 0 aliphatic heterocycles. The summed E-state index contributed by atoms with van der Waals surface area (Å²) >= 11 is 0. The number of hydrogen-bond acceptors (Lipinski definition) is 8. The number of aliphatic hydroxyl groups is 2. The SMILES string of the molecule is Nc1cc(N)c(Nc2ccc(N(CCO)CCO)cc2)cc1Nc1ccc(O)cc1. The lowest BCUT2D eigenvalue weighted by Gasteiger charge is -2.23. The standard InChI is InChI=1S/C22H27N5O3/c23-19-13-20(24)22(26-16-3-7-18(30)8-4-16)14-21(19)25-15-1-5-17(6-2-15)27(9-11-28)10-12-29/h1-8,13-14,25-26,28-30H,9-12,23-24H2. The van der Waals surface area contributed by atoms with E-state index in [1.54, 1.807) is 30.3 Å². The number of phenolic OH excluding ortho intramolecular Hbond substituents is 1. The third-order valence-corrected chi connectivity index (χ3v) is 4.62. The molecule has 9 N–H and O–H groups in total. The normalized spacial score (nSPS) is 10.6. The molecule has 0 aliphatic rings. The molecule has 0 spiro atoms. The summed E-state index contributed by atoms with van der Waals surface area (Å²) < 4.78 is 0. The Morgan fingerprint density at radius 2 is 1.17 bits per heavy atom. The van der Waals surface area contributed by atoms with Crippen LogP contribution in [0.5, 0.6) is 5.75 Å². The molecule has 3 aromatic carbocycles. The molecule has 0 radical (unpaired) electrons. The largest absolute Gasteiger partial charge is 0.508 e. The Balaban J connectivity index is 1.78. The summed E-state index contributed by atoms with van der Waals surface area (Å²) in [6.45, 7) is 0.923. The molecular weight excluding hydrogens is 382 g/mol. The summed E-state index contributed by atoms with van der Waals surface area (Å²) in [7, 11) is 0. The van der Waals surface area contributed by atoms with Crippen LogP contribution in [0.1, 0.15) is 0 Å². The first-order chi connectivity index (χ1) is 14.5. The van der Waals surface area contributed by atoms with Crippen LogP contribution in [0, 0.1) is 0 Å². The van der Waals surface area contributed by atoms with Gasteiger partial charge < -0.3 is 42.3 Å². The van der Waals surface area contributed by atoms with Crippen molar-refractivity contribution in [2.75, 3.05) is 53.3 Å². The molecule has 0 saturated heterocycles. The van der Waals surface area contributed by atoms with Crippen LogP contribution in [-0.4, -0.2) is 41.6 Å². The van der Waals surface area contributed by atoms with Crippen LogP contribution in [0.15, 0.2) is 60.7 Å². The van der Waals surface area contributed by atoms with Gasteiger partial charge in [0, 0.05) is 30.2 Å². The highest BCUT2D eigenvalue weighted by atomic mass is 16.3. The zero-order chi connectivity index (χ0) is 21.5. The van der Waals surface area contributed by atoms with Gasteiger partial charge in [0.25, 0.3) is 0 Å². The van der Waals surface area contributed by atoms with Crippen LogP contribution in [0.25, 0.3) is 0 Å². The van der Waals surface area contributed by atoms with Crippen molar-refractivity contribution >= 4 is 39.8 Å². The molecule has 0 saturated carbocycles. The predicted molar refractivity (Wildman–Crippen MR) is 123 cm³/mol. The van der Waals surface area contributed by atoms with Gasteiger partial charge in [0.1, 0.15) is 5.75 Å². The van der Waals surface area contributed by atoms with Gasteiger partial charge in [0.05, 0.1) is 36.0 Å². The van der Waals surface area contributed by atoms with E-state index >= 15 is 0 Å². The van der Waals surface area contributed by atoms with Gasteiger partial charge in [-0.25, -0.2) is 0 Å². The Morgan fingerprint density at radius 1 is 0.700 bits per heavy atom. The molecule has 0 unspecified atom stereocenters. The topological polar surface area (TPSA) is 140 Å². The molecular formula is C22H27N5O3. The molecule has 30 heavy (non-hydrogen) atoms. The minimum atomic E-state index is 0.0127. The molecule has 8 nitrogen and oxygen atoms in total. The second-order valence-electron chi connectivity index (χ2n) is 6.80. The van der Waals surface area contributed by atoms with Crippen molar-refractivity contribution in [1.29, 1.82) is 0 Å². The Hall–Kier alpha value is -3.62. The minimum absolute atomic E-state index is 0.0127. The molecule has 8 heteroatoms. The highest BCUT2D eigenvalue weighted by Crippen LogP contribution is 2.34. The summed E-state index contributed by atoms with van der Waals surface area (Å²) in [5.74, 6) is 0.188. The van der Waals surface area contributed by atoms with Crippen LogP contribution in [0.3, 0.4) is 0 Å². The smallest absolute Gasteiger partial charge is 0.115 e. The van der Waals surface area contributed by atoms with E-state index in [0.717, 1.165) is 17.1 Å². The number of nitrogens with one attached hydrogen (secondary N) is 2. The van der Waals surface area contributed by atoms with E-state index in [-0.39, 0.29) is 19.0 Å². The van der Waals surface area contributed by atoms with Gasteiger partial charge in [-0.05, 0) is 60.7 Å². The Bertz CT molecular complexity index is 956. The van der Waals surface area contributed by atoms with Gasteiger partial charge in [0.15, 0.2) is 0 Å². The number of anilines is 7. The van der Waals surface area contributed by atoms with Gasteiger partial charge in [-0.15, -0.1) is 0 Å². The maximum absolute atomic E-state index is 9.43. The number of rotatable bonds is 9. The summed E-state index contributed by atoms with van der Waals surface area (Å²) in [5, 5.41) is 34.3. The van der Waals surface area contributed by atoms with Crippen molar-refractivity contribution in [2.24, 2.45) is 0 Å². The molecule has 0 heterocycles. The fraction of sp³-hybridized carbons (Fsp3) is 0.182. The zero-order valence-electron chi connectivity index (χ0n) is 16.5.